The third-order valence-corrected chi connectivity index (χ3v) is 9.65. The fourth-order valence-electron chi connectivity index (χ4n) is 6.59. The summed E-state index contributed by atoms with van der Waals surface area (Å²) in [6.07, 6.45) is -0.158. The van der Waals surface area contributed by atoms with Gasteiger partial charge < -0.3 is 19.3 Å². The number of nitrogens with zero attached hydrogens (tertiary/aromatic N) is 4. The zero-order valence-corrected chi connectivity index (χ0v) is 25.5. The van der Waals surface area contributed by atoms with Crippen molar-refractivity contribution in [2.75, 3.05) is 57.5 Å². The summed E-state index contributed by atoms with van der Waals surface area (Å²) >= 11 is 1.74. The quantitative estimate of drug-likeness (QED) is 0.519. The Morgan fingerprint density at radius 2 is 1.50 bits per heavy atom. The summed E-state index contributed by atoms with van der Waals surface area (Å²) in [6, 6.07) is 16.2. The lowest BCUT2D eigenvalue weighted by atomic mass is 9.98. The van der Waals surface area contributed by atoms with Crippen molar-refractivity contribution >= 4 is 29.9 Å². The van der Waals surface area contributed by atoms with E-state index in [2.05, 4.69) is 29.2 Å². The number of carbonyl (C=O) groups is 3. The van der Waals surface area contributed by atoms with Gasteiger partial charge in [0.2, 0.25) is 5.91 Å². The second-order valence-corrected chi connectivity index (χ2v) is 13.6. The Hall–Kier alpha value is -3.24. The van der Waals surface area contributed by atoms with Crippen LogP contribution in [-0.4, -0.2) is 113 Å². The van der Waals surface area contributed by atoms with E-state index >= 15 is 0 Å². The van der Waals surface area contributed by atoms with Crippen LogP contribution in [0.1, 0.15) is 44.2 Å². The zero-order valence-electron chi connectivity index (χ0n) is 24.7. The number of rotatable bonds is 4. The predicted octanol–water partition coefficient (Wildman–Crippen LogP) is 4.46. The van der Waals surface area contributed by atoms with Crippen LogP contribution in [0, 0.1) is 0 Å². The standard InChI is InChI=1S/C32H40N4O5S/c1-32(2,3)41-31(39)36-19-22(18-28(36)29(37)35-16-17-42-21-35)33-12-14-34(15-13-33)30(38)40-20-27-25-10-6-4-8-23(25)24-9-5-7-11-26(24)27/h4-11,22,27-28H,12-21H2,1-3H3/t22-,28-/m0/s1. The van der Waals surface area contributed by atoms with Crippen LogP contribution in [0.3, 0.4) is 0 Å². The van der Waals surface area contributed by atoms with Crippen LogP contribution in [0.25, 0.3) is 11.1 Å². The van der Waals surface area contributed by atoms with Gasteiger partial charge in [0.25, 0.3) is 0 Å². The molecule has 2 atom stereocenters. The highest BCUT2D eigenvalue weighted by Gasteiger charge is 2.45. The second-order valence-electron chi connectivity index (χ2n) is 12.5. The van der Waals surface area contributed by atoms with Crippen molar-refractivity contribution < 1.29 is 23.9 Å². The Morgan fingerprint density at radius 3 is 2.10 bits per heavy atom. The van der Waals surface area contributed by atoms with Crippen molar-refractivity contribution in [1.82, 2.24) is 19.6 Å². The van der Waals surface area contributed by atoms with E-state index < -0.39 is 17.7 Å². The normalized spacial score (nSPS) is 22.7. The molecular weight excluding hydrogens is 552 g/mol. The van der Waals surface area contributed by atoms with Crippen LogP contribution >= 0.6 is 11.8 Å². The molecular formula is C32H40N4O5S. The van der Waals surface area contributed by atoms with Gasteiger partial charge >= 0.3 is 12.2 Å². The van der Waals surface area contributed by atoms with Gasteiger partial charge in [-0.05, 0) is 49.4 Å². The Morgan fingerprint density at radius 1 is 0.857 bits per heavy atom. The van der Waals surface area contributed by atoms with Crippen LogP contribution < -0.4 is 0 Å². The van der Waals surface area contributed by atoms with E-state index in [9.17, 15) is 14.4 Å². The maximum absolute atomic E-state index is 13.4. The van der Waals surface area contributed by atoms with Gasteiger partial charge in [-0.1, -0.05) is 48.5 Å². The number of hydrogen-bond donors (Lipinski definition) is 0. The molecule has 3 saturated heterocycles. The Bertz CT molecular complexity index is 1290. The van der Waals surface area contributed by atoms with Gasteiger partial charge in [0, 0.05) is 57.0 Å². The summed E-state index contributed by atoms with van der Waals surface area (Å²) in [5, 5.41) is 0. The first-order valence-electron chi connectivity index (χ1n) is 14.9. The third kappa shape index (κ3) is 5.83. The molecule has 2 aromatic rings. The molecule has 3 heterocycles. The molecule has 0 aromatic heterocycles. The average Bonchev–Trinajstić information content (AvgIpc) is 3.73. The maximum Gasteiger partial charge on any atom is 0.411 e. The monoisotopic (exact) mass is 592 g/mol. The number of likely N-dealkylation sites (tertiary alicyclic amines) is 1. The predicted molar refractivity (Wildman–Crippen MR) is 162 cm³/mol. The summed E-state index contributed by atoms with van der Waals surface area (Å²) in [6.45, 7) is 9.40. The Balaban J connectivity index is 1.06. The molecule has 0 bridgehead atoms. The van der Waals surface area contributed by atoms with Crippen molar-refractivity contribution in [3.05, 3.63) is 59.7 Å². The van der Waals surface area contributed by atoms with Crippen LogP contribution in [-0.2, 0) is 14.3 Å². The minimum Gasteiger partial charge on any atom is -0.448 e. The fraction of sp³-hybridized carbons (Fsp3) is 0.531. The van der Waals surface area contributed by atoms with E-state index in [1.807, 2.05) is 49.9 Å². The molecule has 3 fully saturated rings. The molecule has 3 aliphatic heterocycles. The van der Waals surface area contributed by atoms with E-state index in [1.165, 1.54) is 22.3 Å². The maximum atomic E-state index is 13.4. The number of ether oxygens (including phenoxy) is 2. The van der Waals surface area contributed by atoms with Gasteiger partial charge in [-0.3, -0.25) is 14.6 Å². The summed E-state index contributed by atoms with van der Waals surface area (Å²) in [4.78, 5) is 47.2. The Labute approximate surface area is 252 Å². The first-order valence-corrected chi connectivity index (χ1v) is 16.1. The van der Waals surface area contributed by atoms with Crippen LogP contribution in [0.5, 0.6) is 0 Å². The highest BCUT2D eigenvalue weighted by molar-refractivity contribution is 7.99. The van der Waals surface area contributed by atoms with Crippen molar-refractivity contribution in [3.8, 4) is 11.1 Å². The SMILES string of the molecule is CC(C)(C)OC(=O)N1C[C@@H](N2CCN(C(=O)OCC3c4ccccc4-c4ccccc43)CC2)C[C@H]1C(=O)N1CCSC1. The summed E-state index contributed by atoms with van der Waals surface area (Å²) in [5.41, 5.74) is 4.17. The smallest absolute Gasteiger partial charge is 0.411 e. The van der Waals surface area contributed by atoms with E-state index in [-0.39, 0.29) is 24.0 Å². The molecule has 0 saturated carbocycles. The Kier molecular flexibility index (Phi) is 8.11. The van der Waals surface area contributed by atoms with E-state index in [0.29, 0.717) is 58.2 Å². The molecule has 0 unspecified atom stereocenters. The molecule has 42 heavy (non-hydrogen) atoms. The zero-order chi connectivity index (χ0) is 29.4. The van der Waals surface area contributed by atoms with Gasteiger partial charge in [0.15, 0.2) is 0 Å². The molecule has 2 aromatic carbocycles. The largest absolute Gasteiger partial charge is 0.448 e. The number of benzene rings is 2. The first kappa shape index (κ1) is 28.9. The number of hydrogen-bond acceptors (Lipinski definition) is 7. The van der Waals surface area contributed by atoms with Gasteiger partial charge in [-0.2, -0.15) is 0 Å². The highest BCUT2D eigenvalue weighted by atomic mass is 32.2. The molecule has 0 N–H and O–H groups in total. The molecule has 9 nitrogen and oxygen atoms in total. The topological polar surface area (TPSA) is 82.6 Å². The molecule has 224 valence electrons. The summed E-state index contributed by atoms with van der Waals surface area (Å²) < 4.78 is 11.6. The highest BCUT2D eigenvalue weighted by Crippen LogP contribution is 2.44. The number of piperazine rings is 1. The molecule has 1 aliphatic carbocycles. The molecule has 4 aliphatic rings. The molecule has 6 rings (SSSR count). The molecule has 10 heteroatoms. The van der Waals surface area contributed by atoms with Crippen LogP contribution in [0.15, 0.2) is 48.5 Å². The van der Waals surface area contributed by atoms with Crippen molar-refractivity contribution in [3.63, 3.8) is 0 Å². The van der Waals surface area contributed by atoms with Crippen molar-refractivity contribution in [2.45, 2.75) is 50.8 Å². The number of fused-ring (bicyclic) bond motifs is 3. The van der Waals surface area contributed by atoms with Gasteiger partial charge in [-0.15, -0.1) is 11.8 Å². The minimum atomic E-state index is -0.638. The fourth-order valence-corrected chi connectivity index (χ4v) is 7.54. The minimum absolute atomic E-state index is 0.00522. The summed E-state index contributed by atoms with van der Waals surface area (Å²) in [5.74, 6) is 1.63. The van der Waals surface area contributed by atoms with Crippen molar-refractivity contribution in [1.29, 1.82) is 0 Å². The van der Waals surface area contributed by atoms with E-state index in [4.69, 9.17) is 9.47 Å². The van der Waals surface area contributed by atoms with E-state index in [0.717, 1.165) is 5.75 Å². The van der Waals surface area contributed by atoms with Crippen LogP contribution in [0.4, 0.5) is 9.59 Å². The number of thioether (sulfide) groups is 1. The lowest BCUT2D eigenvalue weighted by Crippen LogP contribution is -2.53. The molecule has 0 radical (unpaired) electrons. The number of amides is 3. The number of carbonyl (C=O) groups excluding carboxylic acids is 3. The first-order chi connectivity index (χ1) is 20.2. The molecule has 3 amide bonds. The van der Waals surface area contributed by atoms with Gasteiger partial charge in [-0.25, -0.2) is 9.59 Å². The van der Waals surface area contributed by atoms with Gasteiger partial charge in [0.05, 0.1) is 5.88 Å². The van der Waals surface area contributed by atoms with Crippen molar-refractivity contribution in [2.24, 2.45) is 0 Å². The van der Waals surface area contributed by atoms with Crippen LogP contribution in [0.2, 0.25) is 0 Å². The summed E-state index contributed by atoms with van der Waals surface area (Å²) in [7, 11) is 0. The second kappa shape index (κ2) is 11.8. The third-order valence-electron chi connectivity index (χ3n) is 8.68. The lowest BCUT2D eigenvalue weighted by molar-refractivity contribution is -0.134. The van der Waals surface area contributed by atoms with Gasteiger partial charge in [0.1, 0.15) is 18.2 Å². The van der Waals surface area contributed by atoms with E-state index in [1.54, 1.807) is 21.6 Å². The average molecular weight is 593 g/mol. The molecule has 0 spiro atoms. The lowest BCUT2D eigenvalue weighted by Gasteiger charge is -2.37.